The molecule has 0 radical (unpaired) electrons. The fourth-order valence-electron chi connectivity index (χ4n) is 4.66. The second-order valence-electron chi connectivity index (χ2n) is 9.43. The third kappa shape index (κ3) is 6.84. The number of aliphatic hydroxyl groups excluding tert-OH is 1. The van der Waals surface area contributed by atoms with Crippen molar-refractivity contribution < 1.29 is 14.6 Å². The number of aromatic nitrogens is 6. The van der Waals surface area contributed by atoms with Gasteiger partial charge in [0.05, 0.1) is 30.8 Å². The first-order chi connectivity index (χ1) is 20.1. The molecular weight excluding hydrogens is 546 g/mol. The number of ether oxygens (including phenoxy) is 1. The maximum absolute atomic E-state index is 13.7. The van der Waals surface area contributed by atoms with Crippen LogP contribution in [0.1, 0.15) is 46.5 Å². The maximum Gasteiger partial charge on any atom is 0.257 e. The molecule has 1 fully saturated rings. The van der Waals surface area contributed by atoms with Crippen LogP contribution in [0.4, 0.5) is 11.8 Å². The standard InChI is InChI=1S/C28H30ClN9O3/c1-41-23-7-6-18(13-21(23)29)15-34-25-20(16-35-28(37-25)38-12-2-5-19(38)17-39)27(40)36-22(26-32-10-4-11-33-26)14-24-30-8-3-9-31-24/h3-4,6-11,13,16,19,22,39H,2,5,12,14-15,17H2,1H3,(H,36,40)(H,34,35,37)/t19-,22?/m0/s1. The molecule has 3 N–H and O–H groups in total. The Kier molecular flexibility index (Phi) is 9.12. The molecule has 3 aromatic heterocycles. The highest BCUT2D eigenvalue weighted by Gasteiger charge is 2.28. The Morgan fingerprint density at radius 3 is 2.61 bits per heavy atom. The fraction of sp³-hybridized carbons (Fsp3) is 0.321. The summed E-state index contributed by atoms with van der Waals surface area (Å²) in [6.45, 7) is 1.06. The lowest BCUT2D eigenvalue weighted by molar-refractivity contribution is 0.0934. The molecule has 0 saturated carbocycles. The first-order valence-corrected chi connectivity index (χ1v) is 13.6. The van der Waals surface area contributed by atoms with Crippen LogP contribution in [0, 0.1) is 0 Å². The summed E-state index contributed by atoms with van der Waals surface area (Å²) in [5.41, 5.74) is 1.11. The van der Waals surface area contributed by atoms with E-state index in [1.165, 1.54) is 6.20 Å². The van der Waals surface area contributed by atoms with Crippen LogP contribution in [0.2, 0.25) is 5.02 Å². The van der Waals surface area contributed by atoms with Crippen LogP contribution in [-0.2, 0) is 13.0 Å². The predicted molar refractivity (Wildman–Crippen MR) is 153 cm³/mol. The van der Waals surface area contributed by atoms with Crippen molar-refractivity contribution >= 4 is 29.3 Å². The van der Waals surface area contributed by atoms with Crippen molar-refractivity contribution in [3.8, 4) is 5.75 Å². The van der Waals surface area contributed by atoms with Gasteiger partial charge in [0.1, 0.15) is 23.0 Å². The Labute approximate surface area is 242 Å². The van der Waals surface area contributed by atoms with Crippen molar-refractivity contribution in [2.45, 2.75) is 37.9 Å². The molecule has 41 heavy (non-hydrogen) atoms. The summed E-state index contributed by atoms with van der Waals surface area (Å²) in [4.78, 5) is 42.2. The van der Waals surface area contributed by atoms with Gasteiger partial charge < -0.3 is 25.4 Å². The van der Waals surface area contributed by atoms with Crippen LogP contribution < -0.4 is 20.3 Å². The highest BCUT2D eigenvalue weighted by atomic mass is 35.5. The Bertz CT molecular complexity index is 1460. The predicted octanol–water partition coefficient (Wildman–Crippen LogP) is 3.01. The number of halogens is 1. The lowest BCUT2D eigenvalue weighted by atomic mass is 10.1. The Hall–Kier alpha value is -4.42. The summed E-state index contributed by atoms with van der Waals surface area (Å²) >= 11 is 6.32. The van der Waals surface area contributed by atoms with E-state index in [0.717, 1.165) is 24.9 Å². The van der Waals surface area contributed by atoms with Crippen LogP contribution in [0.25, 0.3) is 0 Å². The molecule has 12 nitrogen and oxygen atoms in total. The molecule has 5 rings (SSSR count). The number of hydrogen-bond donors (Lipinski definition) is 3. The van der Waals surface area contributed by atoms with Gasteiger partial charge >= 0.3 is 0 Å². The molecule has 0 aliphatic carbocycles. The third-order valence-corrected chi connectivity index (χ3v) is 7.05. The average molecular weight is 576 g/mol. The zero-order valence-electron chi connectivity index (χ0n) is 22.4. The van der Waals surface area contributed by atoms with Crippen LogP contribution in [0.15, 0.2) is 61.3 Å². The second kappa shape index (κ2) is 13.3. The van der Waals surface area contributed by atoms with Crippen molar-refractivity contribution in [1.29, 1.82) is 0 Å². The highest BCUT2D eigenvalue weighted by Crippen LogP contribution is 2.27. The van der Waals surface area contributed by atoms with E-state index in [4.69, 9.17) is 21.3 Å². The molecule has 13 heteroatoms. The van der Waals surface area contributed by atoms with Gasteiger partial charge in [0, 0.05) is 50.5 Å². The molecule has 0 bridgehead atoms. The molecule has 1 amide bonds. The molecule has 1 aromatic carbocycles. The largest absolute Gasteiger partial charge is 0.495 e. The first kappa shape index (κ1) is 28.1. The quantitative estimate of drug-likeness (QED) is 0.242. The number of anilines is 2. The van der Waals surface area contributed by atoms with Crippen LogP contribution in [0.5, 0.6) is 5.75 Å². The summed E-state index contributed by atoms with van der Waals surface area (Å²) in [7, 11) is 1.56. The van der Waals surface area contributed by atoms with E-state index in [1.807, 2.05) is 11.0 Å². The van der Waals surface area contributed by atoms with Gasteiger partial charge in [-0.05, 0) is 42.7 Å². The van der Waals surface area contributed by atoms with Crippen molar-refractivity contribution in [1.82, 2.24) is 35.2 Å². The third-order valence-electron chi connectivity index (χ3n) is 6.75. The Morgan fingerprint density at radius 2 is 1.90 bits per heavy atom. The van der Waals surface area contributed by atoms with Gasteiger partial charge in [-0.2, -0.15) is 4.98 Å². The van der Waals surface area contributed by atoms with E-state index in [0.29, 0.717) is 40.7 Å². The topological polar surface area (TPSA) is 151 Å². The summed E-state index contributed by atoms with van der Waals surface area (Å²) in [6.07, 6.45) is 10.1. The van der Waals surface area contributed by atoms with E-state index in [2.05, 4.69) is 35.6 Å². The number of aliphatic hydroxyl groups is 1. The number of nitrogens with zero attached hydrogens (tertiary/aromatic N) is 7. The minimum atomic E-state index is -0.601. The average Bonchev–Trinajstić information content (AvgIpc) is 3.50. The van der Waals surface area contributed by atoms with Crippen molar-refractivity contribution in [2.75, 3.05) is 30.5 Å². The van der Waals surface area contributed by atoms with E-state index in [9.17, 15) is 9.90 Å². The number of methoxy groups -OCH3 is 1. The number of benzene rings is 1. The van der Waals surface area contributed by atoms with Gasteiger partial charge in [-0.15, -0.1) is 0 Å². The number of rotatable bonds is 11. The minimum absolute atomic E-state index is 0.000973. The summed E-state index contributed by atoms with van der Waals surface area (Å²) in [6, 6.07) is 8.21. The van der Waals surface area contributed by atoms with Crippen molar-refractivity contribution in [3.05, 3.63) is 89.1 Å². The molecule has 1 unspecified atom stereocenters. The first-order valence-electron chi connectivity index (χ1n) is 13.2. The lowest BCUT2D eigenvalue weighted by Gasteiger charge is -2.24. The van der Waals surface area contributed by atoms with Crippen molar-refractivity contribution in [3.63, 3.8) is 0 Å². The monoisotopic (exact) mass is 575 g/mol. The highest BCUT2D eigenvalue weighted by molar-refractivity contribution is 6.32. The molecule has 2 atom stereocenters. The molecule has 1 aliphatic rings. The van der Waals surface area contributed by atoms with E-state index in [-0.39, 0.29) is 24.6 Å². The Balaban J connectivity index is 1.43. The molecule has 4 aromatic rings. The normalized spacial score (nSPS) is 15.4. The fourth-order valence-corrected chi connectivity index (χ4v) is 4.94. The van der Waals surface area contributed by atoms with Gasteiger partial charge in [0.2, 0.25) is 5.95 Å². The Morgan fingerprint density at radius 1 is 1.15 bits per heavy atom. The molecule has 1 saturated heterocycles. The molecule has 4 heterocycles. The number of carbonyl (C=O) groups is 1. The van der Waals surface area contributed by atoms with E-state index >= 15 is 0 Å². The zero-order valence-corrected chi connectivity index (χ0v) is 23.2. The van der Waals surface area contributed by atoms with E-state index < -0.39 is 11.9 Å². The summed E-state index contributed by atoms with van der Waals surface area (Å²) in [5, 5.41) is 16.6. The molecular formula is C28H30ClN9O3. The second-order valence-corrected chi connectivity index (χ2v) is 9.84. The SMILES string of the molecule is COc1ccc(CNc2nc(N3CCC[C@H]3CO)ncc2C(=O)NC(Cc2ncccn2)c2ncccn2)cc1Cl. The zero-order chi connectivity index (χ0) is 28.6. The smallest absolute Gasteiger partial charge is 0.257 e. The lowest BCUT2D eigenvalue weighted by Crippen LogP contribution is -2.35. The minimum Gasteiger partial charge on any atom is -0.495 e. The molecule has 1 aliphatic heterocycles. The van der Waals surface area contributed by atoms with Gasteiger partial charge in [0.25, 0.3) is 5.91 Å². The number of amides is 1. The van der Waals surface area contributed by atoms with Crippen LogP contribution in [-0.4, -0.2) is 67.2 Å². The van der Waals surface area contributed by atoms with Gasteiger partial charge in [-0.25, -0.2) is 24.9 Å². The van der Waals surface area contributed by atoms with Gasteiger partial charge in [-0.3, -0.25) is 4.79 Å². The molecule has 212 valence electrons. The number of nitrogens with one attached hydrogen (secondary N) is 2. The van der Waals surface area contributed by atoms with Crippen LogP contribution in [0.3, 0.4) is 0 Å². The van der Waals surface area contributed by atoms with Gasteiger partial charge in [0.15, 0.2) is 5.82 Å². The summed E-state index contributed by atoms with van der Waals surface area (Å²) < 4.78 is 5.25. The van der Waals surface area contributed by atoms with Crippen molar-refractivity contribution in [2.24, 2.45) is 0 Å². The number of carbonyl (C=O) groups excluding carboxylic acids is 1. The summed E-state index contributed by atoms with van der Waals surface area (Å²) in [5.74, 6) is 1.90. The van der Waals surface area contributed by atoms with E-state index in [1.54, 1.807) is 56.2 Å². The van der Waals surface area contributed by atoms with Gasteiger partial charge in [-0.1, -0.05) is 17.7 Å². The number of hydrogen-bond acceptors (Lipinski definition) is 11. The van der Waals surface area contributed by atoms with Crippen LogP contribution >= 0.6 is 11.6 Å². The molecule has 0 spiro atoms. The maximum atomic E-state index is 13.7.